The van der Waals surface area contributed by atoms with Crippen LogP contribution in [-0.4, -0.2) is 16.8 Å². The smallest absolute Gasteiger partial charge is 0.313 e. The van der Waals surface area contributed by atoms with Crippen molar-refractivity contribution in [1.29, 1.82) is 0 Å². The predicted molar refractivity (Wildman–Crippen MR) is 96.1 cm³/mol. The van der Waals surface area contributed by atoms with E-state index in [0.29, 0.717) is 39.6 Å². The van der Waals surface area contributed by atoms with Crippen LogP contribution in [0.15, 0.2) is 40.8 Å². The number of anilines is 1. The number of rotatable bonds is 6. The number of nitrogens with zero attached hydrogens (tertiary/aromatic N) is 2. The van der Waals surface area contributed by atoms with Gasteiger partial charge < -0.3 is 19.6 Å². The Balaban J connectivity index is 1.82. The maximum absolute atomic E-state index is 6.17. The fourth-order valence-corrected chi connectivity index (χ4v) is 2.64. The third-order valence-electron chi connectivity index (χ3n) is 3.33. The molecular weight excluding hydrogens is 365 g/mol. The maximum Gasteiger partial charge on any atom is 0.313 e. The number of nitrogen functional groups attached to an aromatic ring is 1. The molecular formula is C17H15Cl2N3O3. The molecule has 0 aliphatic rings. The number of hydrogen-bond acceptors (Lipinski definition) is 6. The molecule has 0 aliphatic heterocycles. The molecule has 0 bridgehead atoms. The molecule has 6 nitrogen and oxygen atoms in total. The van der Waals surface area contributed by atoms with Crippen LogP contribution >= 0.6 is 23.2 Å². The van der Waals surface area contributed by atoms with E-state index < -0.39 is 0 Å². The fourth-order valence-electron chi connectivity index (χ4n) is 2.17. The van der Waals surface area contributed by atoms with Crippen molar-refractivity contribution in [3.8, 4) is 23.0 Å². The first kappa shape index (κ1) is 17.4. The summed E-state index contributed by atoms with van der Waals surface area (Å²) in [5, 5.41) is 8.63. The number of halogens is 2. The van der Waals surface area contributed by atoms with Gasteiger partial charge in [-0.25, -0.2) is 0 Å². The van der Waals surface area contributed by atoms with Crippen LogP contribution in [-0.2, 0) is 6.61 Å². The third-order valence-corrected chi connectivity index (χ3v) is 3.92. The second-order valence-electron chi connectivity index (χ2n) is 5.06. The summed E-state index contributed by atoms with van der Waals surface area (Å²) in [4.78, 5) is 0. The largest absolute Gasteiger partial charge is 0.490 e. The molecule has 8 heteroatoms. The quantitative estimate of drug-likeness (QED) is 0.673. The van der Waals surface area contributed by atoms with Gasteiger partial charge in [-0.05, 0) is 37.3 Å². The highest BCUT2D eigenvalue weighted by Crippen LogP contribution is 2.33. The van der Waals surface area contributed by atoms with Crippen molar-refractivity contribution in [2.24, 2.45) is 0 Å². The van der Waals surface area contributed by atoms with E-state index in [9.17, 15) is 0 Å². The van der Waals surface area contributed by atoms with E-state index in [4.69, 9.17) is 42.8 Å². The molecule has 0 unspecified atom stereocenters. The van der Waals surface area contributed by atoms with Crippen molar-refractivity contribution in [1.82, 2.24) is 10.2 Å². The predicted octanol–water partition coefficient (Wildman–Crippen LogP) is 4.60. The Morgan fingerprint density at radius 2 is 1.88 bits per heavy atom. The van der Waals surface area contributed by atoms with E-state index in [0.717, 1.165) is 5.56 Å². The lowest BCUT2D eigenvalue weighted by molar-refractivity contribution is 0.269. The van der Waals surface area contributed by atoms with Gasteiger partial charge in [-0.1, -0.05) is 34.4 Å². The number of ether oxygens (including phenoxy) is 2. The number of aromatic nitrogens is 2. The van der Waals surface area contributed by atoms with Gasteiger partial charge in [0.2, 0.25) is 5.89 Å². The summed E-state index contributed by atoms with van der Waals surface area (Å²) >= 11 is 12.1. The molecule has 1 heterocycles. The van der Waals surface area contributed by atoms with Crippen molar-refractivity contribution in [2.45, 2.75) is 13.5 Å². The Labute approximate surface area is 154 Å². The molecule has 0 spiro atoms. The molecule has 0 saturated carbocycles. The van der Waals surface area contributed by atoms with Gasteiger partial charge in [0.15, 0.2) is 11.5 Å². The molecule has 0 aliphatic carbocycles. The first-order valence-corrected chi connectivity index (χ1v) is 8.25. The second kappa shape index (κ2) is 7.63. The zero-order valence-electron chi connectivity index (χ0n) is 13.3. The van der Waals surface area contributed by atoms with Crippen LogP contribution in [0.2, 0.25) is 10.0 Å². The van der Waals surface area contributed by atoms with Gasteiger partial charge in [0.1, 0.15) is 6.61 Å². The van der Waals surface area contributed by atoms with Crippen LogP contribution in [0.25, 0.3) is 11.5 Å². The normalized spacial score (nSPS) is 10.7. The highest BCUT2D eigenvalue weighted by Gasteiger charge is 2.13. The topological polar surface area (TPSA) is 83.4 Å². The first-order chi connectivity index (χ1) is 12.1. The average Bonchev–Trinajstić information content (AvgIpc) is 3.02. The molecule has 0 fully saturated rings. The zero-order chi connectivity index (χ0) is 17.8. The minimum atomic E-state index is 0.00525. The second-order valence-corrected chi connectivity index (χ2v) is 5.91. The highest BCUT2D eigenvalue weighted by molar-refractivity contribution is 6.35. The molecule has 0 atom stereocenters. The van der Waals surface area contributed by atoms with Crippen LogP contribution in [0.4, 0.5) is 6.01 Å². The van der Waals surface area contributed by atoms with E-state index >= 15 is 0 Å². The van der Waals surface area contributed by atoms with Gasteiger partial charge in [0.25, 0.3) is 0 Å². The van der Waals surface area contributed by atoms with Crippen molar-refractivity contribution in [2.75, 3.05) is 12.3 Å². The number of hydrogen-bond donors (Lipinski definition) is 1. The van der Waals surface area contributed by atoms with E-state index in [-0.39, 0.29) is 12.6 Å². The van der Waals surface area contributed by atoms with Gasteiger partial charge >= 0.3 is 6.01 Å². The Bertz CT molecular complexity index is 883. The lowest BCUT2D eigenvalue weighted by Gasteiger charge is -2.13. The first-order valence-electron chi connectivity index (χ1n) is 7.49. The molecule has 0 amide bonds. The van der Waals surface area contributed by atoms with Crippen LogP contribution in [0.3, 0.4) is 0 Å². The molecule has 2 N–H and O–H groups in total. The van der Waals surface area contributed by atoms with E-state index in [1.807, 2.05) is 13.0 Å². The summed E-state index contributed by atoms with van der Waals surface area (Å²) in [6.07, 6.45) is 0. The van der Waals surface area contributed by atoms with Crippen LogP contribution in [0, 0.1) is 0 Å². The fraction of sp³-hybridized carbons (Fsp3) is 0.176. The molecule has 2 aromatic carbocycles. The van der Waals surface area contributed by atoms with Crippen LogP contribution < -0.4 is 15.2 Å². The van der Waals surface area contributed by atoms with E-state index in [2.05, 4.69) is 10.2 Å². The summed E-state index contributed by atoms with van der Waals surface area (Å²) in [5.41, 5.74) is 6.97. The Hall–Kier alpha value is -2.44. The minimum absolute atomic E-state index is 0.00525. The Kier molecular flexibility index (Phi) is 5.31. The number of nitrogens with two attached hydrogens (primary N) is 1. The Morgan fingerprint density at radius 3 is 2.56 bits per heavy atom. The van der Waals surface area contributed by atoms with Gasteiger partial charge in [0.05, 0.1) is 6.61 Å². The lowest BCUT2D eigenvalue weighted by Crippen LogP contribution is -2.00. The Morgan fingerprint density at radius 1 is 1.04 bits per heavy atom. The highest BCUT2D eigenvalue weighted by atomic mass is 35.5. The summed E-state index contributed by atoms with van der Waals surface area (Å²) < 4.78 is 16.7. The third kappa shape index (κ3) is 4.15. The molecule has 25 heavy (non-hydrogen) atoms. The molecule has 130 valence electrons. The summed E-state index contributed by atoms with van der Waals surface area (Å²) in [5.74, 6) is 1.44. The summed E-state index contributed by atoms with van der Waals surface area (Å²) in [6, 6.07) is 10.6. The standard InChI is InChI=1S/C17H15Cl2N3O3/c1-2-23-15-7-10(16-21-22-17(20)25-16)4-6-14(15)24-9-11-3-5-12(18)8-13(11)19/h3-8H,2,9H2,1H3,(H2,20,22). The van der Waals surface area contributed by atoms with Crippen molar-refractivity contribution >= 4 is 29.2 Å². The van der Waals surface area contributed by atoms with E-state index in [1.165, 1.54) is 0 Å². The van der Waals surface area contributed by atoms with Crippen molar-refractivity contribution in [3.63, 3.8) is 0 Å². The van der Waals surface area contributed by atoms with Gasteiger partial charge in [0, 0.05) is 21.2 Å². The molecule has 3 aromatic rings. The SMILES string of the molecule is CCOc1cc(-c2nnc(N)o2)ccc1OCc1ccc(Cl)cc1Cl. The summed E-state index contributed by atoms with van der Waals surface area (Å²) in [7, 11) is 0. The molecule has 1 aromatic heterocycles. The van der Waals surface area contributed by atoms with Crippen molar-refractivity contribution < 1.29 is 13.9 Å². The summed E-state index contributed by atoms with van der Waals surface area (Å²) in [6.45, 7) is 2.65. The van der Waals surface area contributed by atoms with Crippen LogP contribution in [0.5, 0.6) is 11.5 Å². The molecule has 0 radical (unpaired) electrons. The minimum Gasteiger partial charge on any atom is -0.490 e. The zero-order valence-corrected chi connectivity index (χ0v) is 14.8. The van der Waals surface area contributed by atoms with Crippen molar-refractivity contribution in [3.05, 3.63) is 52.0 Å². The maximum atomic E-state index is 6.17. The lowest BCUT2D eigenvalue weighted by atomic mass is 10.2. The monoisotopic (exact) mass is 379 g/mol. The van der Waals surface area contributed by atoms with Crippen LogP contribution in [0.1, 0.15) is 12.5 Å². The van der Waals surface area contributed by atoms with Gasteiger partial charge in [-0.15, -0.1) is 5.10 Å². The molecule has 3 rings (SSSR count). The molecule has 0 saturated heterocycles. The van der Waals surface area contributed by atoms with Gasteiger partial charge in [-0.3, -0.25) is 0 Å². The van der Waals surface area contributed by atoms with E-state index in [1.54, 1.807) is 30.3 Å². The number of benzene rings is 2. The van der Waals surface area contributed by atoms with Gasteiger partial charge in [-0.2, -0.15) is 0 Å². The average molecular weight is 380 g/mol.